The van der Waals surface area contributed by atoms with Gasteiger partial charge in [0, 0.05) is 18.7 Å². The highest BCUT2D eigenvalue weighted by Crippen LogP contribution is 2.22. The van der Waals surface area contributed by atoms with Gasteiger partial charge in [-0.2, -0.15) is 0 Å². The maximum Gasteiger partial charge on any atom is 0.244 e. The van der Waals surface area contributed by atoms with Gasteiger partial charge in [0.2, 0.25) is 15.9 Å². The summed E-state index contributed by atoms with van der Waals surface area (Å²) < 4.78 is 26.7. The Bertz CT molecular complexity index is 672. The maximum absolute atomic E-state index is 12.0. The summed E-state index contributed by atoms with van der Waals surface area (Å²) in [6.07, 6.45) is 8.52. The van der Waals surface area contributed by atoms with Crippen LogP contribution in [-0.4, -0.2) is 20.4 Å². The molecule has 1 aliphatic rings. The average molecular weight is 320 g/mol. The van der Waals surface area contributed by atoms with Crippen molar-refractivity contribution in [3.63, 3.8) is 0 Å². The molecule has 5 nitrogen and oxygen atoms in total. The average Bonchev–Trinajstić information content (AvgIpc) is 3.29. The normalized spacial score (nSPS) is 15.5. The van der Waals surface area contributed by atoms with Gasteiger partial charge in [0.25, 0.3) is 0 Å². The number of amides is 1. The van der Waals surface area contributed by atoms with Gasteiger partial charge in [-0.3, -0.25) is 4.79 Å². The van der Waals surface area contributed by atoms with Crippen LogP contribution in [0.2, 0.25) is 0 Å². The molecule has 6 heteroatoms. The summed E-state index contributed by atoms with van der Waals surface area (Å²) in [7, 11) is -3.42. The summed E-state index contributed by atoms with van der Waals surface area (Å²) in [4.78, 5) is 11.8. The van der Waals surface area contributed by atoms with Crippen LogP contribution in [0.15, 0.2) is 53.5 Å². The van der Waals surface area contributed by atoms with E-state index in [9.17, 15) is 13.2 Å². The second-order valence-corrected chi connectivity index (χ2v) is 6.86. The largest absolute Gasteiger partial charge is 0.348 e. The lowest BCUT2D eigenvalue weighted by Gasteiger charge is -2.07. The van der Waals surface area contributed by atoms with Gasteiger partial charge in [-0.25, -0.2) is 13.1 Å². The summed E-state index contributed by atoms with van der Waals surface area (Å²) >= 11 is 0. The van der Waals surface area contributed by atoms with E-state index in [4.69, 9.17) is 0 Å². The van der Waals surface area contributed by atoms with Crippen molar-refractivity contribution in [2.45, 2.75) is 37.2 Å². The first-order valence-electron chi connectivity index (χ1n) is 7.20. The van der Waals surface area contributed by atoms with Crippen LogP contribution in [0.5, 0.6) is 0 Å². The van der Waals surface area contributed by atoms with E-state index in [0.717, 1.165) is 18.4 Å². The minimum absolute atomic E-state index is 0.0907. The molecule has 0 aliphatic heterocycles. The van der Waals surface area contributed by atoms with Gasteiger partial charge in [0.05, 0.1) is 4.90 Å². The molecule has 1 aliphatic carbocycles. The fourth-order valence-electron chi connectivity index (χ4n) is 1.78. The number of hydrogen-bond acceptors (Lipinski definition) is 3. The van der Waals surface area contributed by atoms with Crippen molar-refractivity contribution in [2.75, 3.05) is 0 Å². The number of carbonyl (C=O) groups excluding carboxylic acids is 1. The van der Waals surface area contributed by atoms with E-state index < -0.39 is 10.0 Å². The number of carbonyl (C=O) groups is 1. The van der Waals surface area contributed by atoms with Crippen molar-refractivity contribution in [3.05, 3.63) is 54.1 Å². The summed E-state index contributed by atoms with van der Waals surface area (Å²) in [6.45, 7) is 2.23. The Hall–Kier alpha value is -1.92. The van der Waals surface area contributed by atoms with Crippen LogP contribution in [0.3, 0.4) is 0 Å². The van der Waals surface area contributed by atoms with Gasteiger partial charge in [-0.15, -0.1) is 0 Å². The zero-order valence-electron chi connectivity index (χ0n) is 12.5. The highest BCUT2D eigenvalue weighted by atomic mass is 32.2. The van der Waals surface area contributed by atoms with Crippen molar-refractivity contribution in [1.82, 2.24) is 10.0 Å². The van der Waals surface area contributed by atoms with Crippen LogP contribution in [0.1, 0.15) is 25.3 Å². The van der Waals surface area contributed by atoms with E-state index in [1.165, 1.54) is 6.08 Å². The van der Waals surface area contributed by atoms with Gasteiger partial charge < -0.3 is 5.32 Å². The second-order valence-electron chi connectivity index (χ2n) is 5.14. The lowest BCUT2D eigenvalue weighted by atomic mass is 10.2. The summed E-state index contributed by atoms with van der Waals surface area (Å²) in [5.41, 5.74) is 0.846. The van der Waals surface area contributed by atoms with Crippen molar-refractivity contribution in [3.8, 4) is 0 Å². The Labute approximate surface area is 131 Å². The maximum atomic E-state index is 12.0. The third kappa shape index (κ3) is 5.13. The summed E-state index contributed by atoms with van der Waals surface area (Å²) in [5.74, 6) is -0.190. The quantitative estimate of drug-likeness (QED) is 0.595. The van der Waals surface area contributed by atoms with Gasteiger partial charge in [0.1, 0.15) is 0 Å². The molecule has 2 rings (SSSR count). The van der Waals surface area contributed by atoms with Crippen LogP contribution in [0.25, 0.3) is 0 Å². The lowest BCUT2D eigenvalue weighted by Crippen LogP contribution is -2.25. The molecule has 118 valence electrons. The number of benzene rings is 1. The topological polar surface area (TPSA) is 75.3 Å². The molecule has 2 N–H and O–H groups in total. The fourth-order valence-corrected chi connectivity index (χ4v) is 3.08. The molecule has 0 spiro atoms. The van der Waals surface area contributed by atoms with E-state index in [1.807, 2.05) is 13.0 Å². The van der Waals surface area contributed by atoms with E-state index in [0.29, 0.717) is 6.54 Å². The molecule has 0 atom stereocenters. The van der Waals surface area contributed by atoms with Gasteiger partial charge >= 0.3 is 0 Å². The van der Waals surface area contributed by atoms with Gasteiger partial charge in [0.15, 0.2) is 0 Å². The molecule has 0 unspecified atom stereocenters. The van der Waals surface area contributed by atoms with E-state index in [1.54, 1.807) is 36.4 Å². The predicted molar refractivity (Wildman–Crippen MR) is 85.6 cm³/mol. The van der Waals surface area contributed by atoms with Crippen molar-refractivity contribution in [2.24, 2.45) is 0 Å². The number of hydrogen-bond donors (Lipinski definition) is 2. The number of rotatable bonds is 7. The minimum atomic E-state index is -3.42. The van der Waals surface area contributed by atoms with Crippen molar-refractivity contribution in [1.29, 1.82) is 0 Å². The molecule has 22 heavy (non-hydrogen) atoms. The van der Waals surface area contributed by atoms with Crippen LogP contribution < -0.4 is 10.0 Å². The first-order chi connectivity index (χ1) is 10.5. The molecule has 1 fully saturated rings. The SMILES string of the molecule is CC=CC=CC(=O)NCc1ccc(S(=O)(=O)NC2CC2)cc1. The van der Waals surface area contributed by atoms with E-state index in [-0.39, 0.29) is 16.8 Å². The zero-order valence-corrected chi connectivity index (χ0v) is 13.3. The monoisotopic (exact) mass is 320 g/mol. The van der Waals surface area contributed by atoms with Crippen molar-refractivity contribution < 1.29 is 13.2 Å². The minimum Gasteiger partial charge on any atom is -0.348 e. The molecule has 1 amide bonds. The molecular formula is C16H20N2O3S. The molecule has 0 bridgehead atoms. The van der Waals surface area contributed by atoms with Crippen LogP contribution in [0.4, 0.5) is 0 Å². The summed E-state index contributed by atoms with van der Waals surface area (Å²) in [6, 6.07) is 6.62. The zero-order chi connectivity index (χ0) is 16.0. The standard InChI is InChI=1S/C16H20N2O3S/c1-2-3-4-5-16(19)17-12-13-6-10-15(11-7-13)22(20,21)18-14-8-9-14/h2-7,10-11,14,18H,8-9,12H2,1H3,(H,17,19). The van der Waals surface area contributed by atoms with Gasteiger partial charge in [-0.1, -0.05) is 30.4 Å². The Kier molecular flexibility index (Phi) is 5.51. The van der Waals surface area contributed by atoms with E-state index in [2.05, 4.69) is 10.0 Å². The molecule has 1 saturated carbocycles. The molecular weight excluding hydrogens is 300 g/mol. The first kappa shape index (κ1) is 16.5. The number of allylic oxidation sites excluding steroid dienone is 3. The Morgan fingerprint density at radius 1 is 1.23 bits per heavy atom. The Balaban J connectivity index is 1.90. The fraction of sp³-hybridized carbons (Fsp3) is 0.312. The Morgan fingerprint density at radius 3 is 2.50 bits per heavy atom. The lowest BCUT2D eigenvalue weighted by molar-refractivity contribution is -0.116. The highest BCUT2D eigenvalue weighted by molar-refractivity contribution is 7.89. The third-order valence-electron chi connectivity index (χ3n) is 3.15. The highest BCUT2D eigenvalue weighted by Gasteiger charge is 2.27. The summed E-state index contributed by atoms with van der Waals surface area (Å²) in [5, 5.41) is 2.73. The Morgan fingerprint density at radius 2 is 1.91 bits per heavy atom. The molecule has 0 heterocycles. The molecule has 0 radical (unpaired) electrons. The van der Waals surface area contributed by atoms with Crippen molar-refractivity contribution >= 4 is 15.9 Å². The van der Waals surface area contributed by atoms with Crippen LogP contribution >= 0.6 is 0 Å². The smallest absolute Gasteiger partial charge is 0.244 e. The van der Waals surface area contributed by atoms with Gasteiger partial charge in [-0.05, 0) is 37.5 Å². The number of sulfonamides is 1. The predicted octanol–water partition coefficient (Wildman–Crippen LogP) is 1.88. The molecule has 1 aromatic rings. The molecule has 0 aromatic heterocycles. The first-order valence-corrected chi connectivity index (χ1v) is 8.68. The third-order valence-corrected chi connectivity index (χ3v) is 4.69. The molecule has 1 aromatic carbocycles. The second kappa shape index (κ2) is 7.38. The van der Waals surface area contributed by atoms with Crippen LogP contribution in [-0.2, 0) is 21.4 Å². The molecule has 0 saturated heterocycles. The van der Waals surface area contributed by atoms with E-state index >= 15 is 0 Å². The van der Waals surface area contributed by atoms with Crippen LogP contribution in [0, 0.1) is 0 Å². The number of nitrogens with one attached hydrogen (secondary N) is 2.